The Morgan fingerprint density at radius 3 is 2.50 bits per heavy atom. The summed E-state index contributed by atoms with van der Waals surface area (Å²) in [4.78, 5) is 14.1. The van der Waals surface area contributed by atoms with Crippen molar-refractivity contribution in [2.45, 2.75) is 11.8 Å². The fourth-order valence-corrected chi connectivity index (χ4v) is 2.94. The number of halogens is 1. The smallest absolute Gasteiger partial charge is 0.273 e. The van der Waals surface area contributed by atoms with Crippen LogP contribution < -0.4 is 10.3 Å². The van der Waals surface area contributed by atoms with Crippen LogP contribution in [0.1, 0.15) is 15.4 Å². The number of amides is 1. The van der Waals surface area contributed by atoms with Gasteiger partial charge >= 0.3 is 0 Å². The van der Waals surface area contributed by atoms with Crippen LogP contribution >= 0.6 is 27.5 Å². The first-order valence-corrected chi connectivity index (χ1v) is 8.32. The molecule has 1 amide bonds. The van der Waals surface area contributed by atoms with Gasteiger partial charge in [-0.1, -0.05) is 20.4 Å². The molecule has 1 heterocycles. The number of hydrogen-bond acceptors (Lipinski definition) is 6. The molecule has 0 bridgehead atoms. The number of hydrogen-bond donors (Lipinski definition) is 2. The number of carbonyl (C=O) groups excluding carboxylic acids is 1. The van der Waals surface area contributed by atoms with Crippen molar-refractivity contribution in [2.75, 3.05) is 0 Å². The molecule has 0 atom stereocenters. The fourth-order valence-electron chi connectivity index (χ4n) is 1.28. The zero-order valence-electron chi connectivity index (χ0n) is 10.1. The molecule has 0 saturated heterocycles. The molecule has 0 aliphatic heterocycles. The lowest BCUT2D eigenvalue weighted by Crippen LogP contribution is -2.41. The average molecular weight is 377 g/mol. The van der Waals surface area contributed by atoms with E-state index in [0.717, 1.165) is 16.0 Å². The van der Waals surface area contributed by atoms with E-state index in [1.54, 1.807) is 19.1 Å². The second kappa shape index (κ2) is 5.95. The van der Waals surface area contributed by atoms with Gasteiger partial charge in [-0.3, -0.25) is 10.2 Å². The van der Waals surface area contributed by atoms with E-state index in [-0.39, 0.29) is 9.77 Å². The third-order valence-electron chi connectivity index (χ3n) is 2.28. The minimum atomic E-state index is -3.81. The van der Waals surface area contributed by atoms with Gasteiger partial charge in [0.05, 0.1) is 10.6 Å². The van der Waals surface area contributed by atoms with E-state index in [4.69, 9.17) is 0 Å². The van der Waals surface area contributed by atoms with Crippen LogP contribution in [0.25, 0.3) is 0 Å². The molecular weight excluding hydrogens is 368 g/mol. The largest absolute Gasteiger partial charge is 0.279 e. The van der Waals surface area contributed by atoms with Gasteiger partial charge in [0, 0.05) is 4.47 Å². The highest BCUT2D eigenvalue weighted by Crippen LogP contribution is 2.14. The number of nitrogens with zero attached hydrogens (tertiary/aromatic N) is 2. The molecule has 0 fully saturated rings. The quantitative estimate of drug-likeness (QED) is 0.781. The number of carbonyl (C=O) groups is 1. The maximum absolute atomic E-state index is 11.9. The number of nitrogens with one attached hydrogen (secondary N) is 2. The van der Waals surface area contributed by atoms with Crippen molar-refractivity contribution < 1.29 is 13.2 Å². The van der Waals surface area contributed by atoms with Gasteiger partial charge < -0.3 is 0 Å². The van der Waals surface area contributed by atoms with Crippen molar-refractivity contribution in [2.24, 2.45) is 0 Å². The van der Waals surface area contributed by atoms with E-state index < -0.39 is 15.9 Å². The minimum absolute atomic E-state index is 0.0418. The Bertz CT molecular complexity index is 727. The molecule has 1 aromatic carbocycles. The lowest BCUT2D eigenvalue weighted by atomic mass is 10.4. The van der Waals surface area contributed by atoms with Gasteiger partial charge in [-0.05, 0) is 42.7 Å². The predicted octanol–water partition coefficient (Wildman–Crippen LogP) is 1.23. The summed E-state index contributed by atoms with van der Waals surface area (Å²) in [5.41, 5.74) is 2.56. The van der Waals surface area contributed by atoms with E-state index in [0.29, 0.717) is 5.69 Å². The molecule has 2 rings (SSSR count). The molecule has 0 aliphatic rings. The molecule has 0 radical (unpaired) electrons. The first-order chi connectivity index (χ1) is 9.40. The van der Waals surface area contributed by atoms with Crippen molar-refractivity contribution >= 4 is 43.4 Å². The summed E-state index contributed by atoms with van der Waals surface area (Å²) in [5, 5.41) is 3.68. The van der Waals surface area contributed by atoms with Crippen LogP contribution in [0.4, 0.5) is 0 Å². The standard InChI is InChI=1S/C10H9BrN4O3S2/c1-6-9(19-14-12-6)10(16)13-15-20(17,18)8-4-2-7(11)3-5-8/h2-5,15H,1H3,(H,13,16). The minimum Gasteiger partial charge on any atom is -0.273 e. The van der Waals surface area contributed by atoms with Gasteiger partial charge in [-0.2, -0.15) is 0 Å². The zero-order valence-corrected chi connectivity index (χ0v) is 13.3. The van der Waals surface area contributed by atoms with E-state index in [9.17, 15) is 13.2 Å². The Morgan fingerprint density at radius 2 is 1.95 bits per heavy atom. The van der Waals surface area contributed by atoms with Gasteiger partial charge in [0.15, 0.2) is 0 Å². The molecular formula is C10H9BrN4O3S2. The normalized spacial score (nSPS) is 11.3. The lowest BCUT2D eigenvalue weighted by Gasteiger charge is -2.07. The number of hydrazine groups is 1. The summed E-state index contributed by atoms with van der Waals surface area (Å²) < 4.78 is 28.2. The summed E-state index contributed by atoms with van der Waals surface area (Å²) in [7, 11) is -3.81. The van der Waals surface area contributed by atoms with Gasteiger partial charge in [0.25, 0.3) is 15.9 Å². The van der Waals surface area contributed by atoms with Gasteiger partial charge in [0.1, 0.15) is 4.88 Å². The Hall–Kier alpha value is -1.36. The monoisotopic (exact) mass is 376 g/mol. The molecule has 2 N–H and O–H groups in total. The average Bonchev–Trinajstić information content (AvgIpc) is 2.83. The molecule has 106 valence electrons. The highest BCUT2D eigenvalue weighted by molar-refractivity contribution is 9.10. The summed E-state index contributed by atoms with van der Waals surface area (Å²) in [6.07, 6.45) is 0. The van der Waals surface area contributed by atoms with E-state index >= 15 is 0 Å². The highest BCUT2D eigenvalue weighted by Gasteiger charge is 2.18. The van der Waals surface area contributed by atoms with Crippen molar-refractivity contribution in [1.29, 1.82) is 0 Å². The fraction of sp³-hybridized carbons (Fsp3) is 0.100. The van der Waals surface area contributed by atoms with Crippen LogP contribution in [0.3, 0.4) is 0 Å². The maximum atomic E-state index is 11.9. The SMILES string of the molecule is Cc1nnsc1C(=O)NNS(=O)(=O)c1ccc(Br)cc1. The number of aryl methyl sites for hydroxylation is 1. The van der Waals surface area contributed by atoms with Crippen molar-refractivity contribution in [3.8, 4) is 0 Å². The summed E-state index contributed by atoms with van der Waals surface area (Å²) >= 11 is 4.10. The number of rotatable bonds is 4. The second-order valence-electron chi connectivity index (χ2n) is 3.70. The Morgan fingerprint density at radius 1 is 1.30 bits per heavy atom. The molecule has 0 unspecified atom stereocenters. The van der Waals surface area contributed by atoms with Crippen LogP contribution in [0.2, 0.25) is 0 Å². The van der Waals surface area contributed by atoms with Crippen molar-refractivity contribution in [3.05, 3.63) is 39.3 Å². The van der Waals surface area contributed by atoms with Gasteiger partial charge in [0.2, 0.25) is 0 Å². The highest BCUT2D eigenvalue weighted by atomic mass is 79.9. The zero-order chi connectivity index (χ0) is 14.8. The van der Waals surface area contributed by atoms with Crippen molar-refractivity contribution in [1.82, 2.24) is 19.8 Å². The predicted molar refractivity (Wildman–Crippen MR) is 76.6 cm³/mol. The number of benzene rings is 1. The summed E-state index contributed by atoms with van der Waals surface area (Å²) in [5.74, 6) is -0.599. The van der Waals surface area contributed by atoms with E-state index in [2.05, 4.69) is 30.9 Å². The Kier molecular flexibility index (Phi) is 4.48. The summed E-state index contributed by atoms with van der Waals surface area (Å²) in [6, 6.07) is 6.01. The van der Waals surface area contributed by atoms with Crippen LogP contribution in [-0.2, 0) is 10.0 Å². The molecule has 0 saturated carbocycles. The number of aromatic nitrogens is 2. The van der Waals surface area contributed by atoms with E-state index in [1.165, 1.54) is 12.1 Å². The summed E-state index contributed by atoms with van der Waals surface area (Å²) in [6.45, 7) is 1.61. The lowest BCUT2D eigenvalue weighted by molar-refractivity contribution is 0.0948. The van der Waals surface area contributed by atoms with Crippen LogP contribution in [0.15, 0.2) is 33.6 Å². The number of sulfonamides is 1. The molecule has 0 spiro atoms. The molecule has 0 aliphatic carbocycles. The first kappa shape index (κ1) is 15.0. The van der Waals surface area contributed by atoms with Gasteiger partial charge in [-0.25, -0.2) is 8.42 Å². The first-order valence-electron chi connectivity index (χ1n) is 5.27. The Labute approximate surface area is 127 Å². The molecule has 2 aromatic rings. The third kappa shape index (κ3) is 3.39. The molecule has 20 heavy (non-hydrogen) atoms. The molecule has 1 aromatic heterocycles. The van der Waals surface area contributed by atoms with Crippen LogP contribution in [0.5, 0.6) is 0 Å². The van der Waals surface area contributed by atoms with Gasteiger partial charge in [-0.15, -0.1) is 9.93 Å². The van der Waals surface area contributed by atoms with Crippen molar-refractivity contribution in [3.63, 3.8) is 0 Å². The second-order valence-corrected chi connectivity index (χ2v) is 7.05. The van der Waals surface area contributed by atoms with Crippen LogP contribution in [0, 0.1) is 6.92 Å². The molecule has 10 heteroatoms. The Balaban J connectivity index is 2.08. The molecule has 7 nitrogen and oxygen atoms in total. The maximum Gasteiger partial charge on any atom is 0.279 e. The topological polar surface area (TPSA) is 101 Å². The van der Waals surface area contributed by atoms with E-state index in [1.807, 2.05) is 4.83 Å². The third-order valence-corrected chi connectivity index (χ3v) is 4.90. The van der Waals surface area contributed by atoms with Crippen LogP contribution in [-0.4, -0.2) is 23.9 Å².